The van der Waals surface area contributed by atoms with Crippen molar-refractivity contribution in [3.05, 3.63) is 12.2 Å². The number of hydrogen-bond acceptors (Lipinski definition) is 2. The van der Waals surface area contributed by atoms with Crippen LogP contribution in [0, 0.1) is 11.8 Å². The first-order valence-corrected chi connectivity index (χ1v) is 4.55. The first kappa shape index (κ1) is 9.30. The maximum absolute atomic E-state index is 10.2. The largest absolute Gasteiger partial charge is 0.464 e. The van der Waals surface area contributed by atoms with E-state index in [0.717, 1.165) is 12.8 Å². The Morgan fingerprint density at radius 3 is 3.00 bits per heavy atom. The number of carbonyl (C=O) groups is 1. The van der Waals surface area contributed by atoms with Crippen molar-refractivity contribution in [1.29, 1.82) is 0 Å². The van der Waals surface area contributed by atoms with E-state index < -0.39 is 0 Å². The van der Waals surface area contributed by atoms with Crippen molar-refractivity contribution in [2.45, 2.75) is 32.8 Å². The van der Waals surface area contributed by atoms with Crippen LogP contribution in [0.5, 0.6) is 0 Å². The Hall–Kier alpha value is -0.790. The molecule has 0 saturated heterocycles. The minimum atomic E-state index is 0.0949. The van der Waals surface area contributed by atoms with Crippen molar-refractivity contribution in [2.75, 3.05) is 0 Å². The van der Waals surface area contributed by atoms with Gasteiger partial charge in [-0.1, -0.05) is 26.0 Å². The van der Waals surface area contributed by atoms with E-state index in [4.69, 9.17) is 4.74 Å². The van der Waals surface area contributed by atoms with Crippen molar-refractivity contribution in [3.8, 4) is 0 Å². The highest BCUT2D eigenvalue weighted by atomic mass is 16.5. The van der Waals surface area contributed by atoms with Gasteiger partial charge in [-0.3, -0.25) is 4.79 Å². The average Bonchev–Trinajstić information content (AvgIpc) is 2.09. The molecular formula is C10H16O2. The zero-order valence-corrected chi connectivity index (χ0v) is 7.69. The van der Waals surface area contributed by atoms with E-state index >= 15 is 0 Å². The summed E-state index contributed by atoms with van der Waals surface area (Å²) in [6.45, 7) is 4.80. The number of allylic oxidation sites excluding steroid dienone is 1. The Morgan fingerprint density at radius 2 is 2.42 bits per heavy atom. The van der Waals surface area contributed by atoms with E-state index in [1.807, 2.05) is 0 Å². The summed E-state index contributed by atoms with van der Waals surface area (Å²) in [4.78, 5) is 10.2. The van der Waals surface area contributed by atoms with Crippen LogP contribution in [-0.2, 0) is 9.53 Å². The van der Waals surface area contributed by atoms with E-state index in [9.17, 15) is 4.79 Å². The molecule has 0 amide bonds. The predicted molar refractivity (Wildman–Crippen MR) is 47.6 cm³/mol. The lowest BCUT2D eigenvalue weighted by atomic mass is 9.83. The summed E-state index contributed by atoms with van der Waals surface area (Å²) >= 11 is 0. The van der Waals surface area contributed by atoms with Crippen LogP contribution in [0.2, 0.25) is 0 Å². The summed E-state index contributed by atoms with van der Waals surface area (Å²) in [5, 5.41) is 0. The molecule has 2 heteroatoms. The van der Waals surface area contributed by atoms with Crippen LogP contribution in [0.25, 0.3) is 0 Å². The molecule has 3 atom stereocenters. The third kappa shape index (κ3) is 1.87. The molecule has 12 heavy (non-hydrogen) atoms. The van der Waals surface area contributed by atoms with Crippen LogP contribution in [0.4, 0.5) is 0 Å². The zero-order valence-electron chi connectivity index (χ0n) is 7.69. The molecule has 0 heterocycles. The minimum Gasteiger partial charge on any atom is -0.464 e. The van der Waals surface area contributed by atoms with Gasteiger partial charge in [-0.05, 0) is 18.8 Å². The molecule has 2 nitrogen and oxygen atoms in total. The average molecular weight is 168 g/mol. The van der Waals surface area contributed by atoms with Gasteiger partial charge in [0.2, 0.25) is 0 Å². The van der Waals surface area contributed by atoms with E-state index in [-0.39, 0.29) is 6.10 Å². The number of ether oxygens (including phenoxy) is 1. The second-order valence-corrected chi connectivity index (χ2v) is 3.39. The van der Waals surface area contributed by atoms with Gasteiger partial charge in [-0.2, -0.15) is 0 Å². The lowest BCUT2D eigenvalue weighted by molar-refractivity contribution is -0.138. The van der Waals surface area contributed by atoms with E-state index in [0.29, 0.717) is 18.3 Å². The van der Waals surface area contributed by atoms with Crippen LogP contribution in [0.1, 0.15) is 26.7 Å². The highest BCUT2D eigenvalue weighted by Gasteiger charge is 2.27. The minimum absolute atomic E-state index is 0.0949. The van der Waals surface area contributed by atoms with Crippen LogP contribution >= 0.6 is 0 Å². The molecule has 1 aliphatic rings. The first-order valence-electron chi connectivity index (χ1n) is 4.55. The number of hydrogen-bond donors (Lipinski definition) is 0. The lowest BCUT2D eigenvalue weighted by Crippen LogP contribution is -2.31. The van der Waals surface area contributed by atoms with Crippen molar-refractivity contribution < 1.29 is 9.53 Å². The van der Waals surface area contributed by atoms with E-state index in [1.54, 1.807) is 0 Å². The topological polar surface area (TPSA) is 26.3 Å². The van der Waals surface area contributed by atoms with Crippen LogP contribution < -0.4 is 0 Å². The van der Waals surface area contributed by atoms with Gasteiger partial charge in [-0.25, -0.2) is 0 Å². The standard InChI is InChI=1S/C10H16O2/c1-3-9-6-4-5-8(2)10(9)12-7-11/h4-5,7-10H,3,6H2,1-2H3. The summed E-state index contributed by atoms with van der Waals surface area (Å²) in [6.07, 6.45) is 6.52. The summed E-state index contributed by atoms with van der Waals surface area (Å²) < 4.78 is 5.07. The van der Waals surface area contributed by atoms with Gasteiger partial charge in [0.15, 0.2) is 0 Å². The Morgan fingerprint density at radius 1 is 1.67 bits per heavy atom. The molecule has 0 aromatic carbocycles. The fraction of sp³-hybridized carbons (Fsp3) is 0.700. The summed E-state index contributed by atoms with van der Waals surface area (Å²) in [6, 6.07) is 0. The molecule has 0 radical (unpaired) electrons. The fourth-order valence-electron chi connectivity index (χ4n) is 1.84. The molecular weight excluding hydrogens is 152 g/mol. The van der Waals surface area contributed by atoms with Gasteiger partial charge in [0, 0.05) is 5.92 Å². The number of carbonyl (C=O) groups excluding carboxylic acids is 1. The van der Waals surface area contributed by atoms with E-state index in [2.05, 4.69) is 26.0 Å². The van der Waals surface area contributed by atoms with Crippen molar-refractivity contribution in [1.82, 2.24) is 0 Å². The van der Waals surface area contributed by atoms with E-state index in [1.165, 1.54) is 0 Å². The highest BCUT2D eigenvalue weighted by molar-refractivity contribution is 5.37. The smallest absolute Gasteiger partial charge is 0.293 e. The molecule has 3 unspecified atom stereocenters. The molecule has 0 aliphatic heterocycles. The van der Waals surface area contributed by atoms with Gasteiger partial charge in [0.25, 0.3) is 6.47 Å². The summed E-state index contributed by atoms with van der Waals surface area (Å²) in [7, 11) is 0. The van der Waals surface area contributed by atoms with Gasteiger partial charge in [0.05, 0.1) is 0 Å². The highest BCUT2D eigenvalue weighted by Crippen LogP contribution is 2.28. The Labute approximate surface area is 73.6 Å². The molecule has 0 saturated carbocycles. The molecule has 1 rings (SSSR count). The van der Waals surface area contributed by atoms with Gasteiger partial charge in [0.1, 0.15) is 6.10 Å². The van der Waals surface area contributed by atoms with Crippen molar-refractivity contribution in [2.24, 2.45) is 11.8 Å². The summed E-state index contributed by atoms with van der Waals surface area (Å²) in [5.74, 6) is 0.879. The van der Waals surface area contributed by atoms with Gasteiger partial charge >= 0.3 is 0 Å². The van der Waals surface area contributed by atoms with Gasteiger partial charge < -0.3 is 4.74 Å². The maximum Gasteiger partial charge on any atom is 0.293 e. The first-order chi connectivity index (χ1) is 5.79. The summed E-state index contributed by atoms with van der Waals surface area (Å²) in [5.41, 5.74) is 0. The molecule has 0 aromatic heterocycles. The predicted octanol–water partition coefficient (Wildman–Crippen LogP) is 2.15. The number of rotatable bonds is 3. The van der Waals surface area contributed by atoms with Gasteiger partial charge in [-0.15, -0.1) is 0 Å². The molecule has 68 valence electrons. The second-order valence-electron chi connectivity index (χ2n) is 3.39. The second kappa shape index (κ2) is 4.29. The van der Waals surface area contributed by atoms with Crippen LogP contribution in [-0.4, -0.2) is 12.6 Å². The van der Waals surface area contributed by atoms with Crippen molar-refractivity contribution in [3.63, 3.8) is 0 Å². The normalized spacial score (nSPS) is 34.7. The molecule has 0 fully saturated rings. The molecule has 0 bridgehead atoms. The van der Waals surface area contributed by atoms with Crippen LogP contribution in [0.3, 0.4) is 0 Å². The third-order valence-corrected chi connectivity index (χ3v) is 2.60. The molecule has 1 aliphatic carbocycles. The van der Waals surface area contributed by atoms with Crippen molar-refractivity contribution >= 4 is 6.47 Å². The quantitative estimate of drug-likeness (QED) is 0.476. The third-order valence-electron chi connectivity index (χ3n) is 2.60. The Kier molecular flexibility index (Phi) is 3.32. The van der Waals surface area contributed by atoms with Crippen LogP contribution in [0.15, 0.2) is 12.2 Å². The Balaban J connectivity index is 2.62. The SMILES string of the molecule is CCC1CC=CC(C)C1OC=O. The maximum atomic E-state index is 10.2. The molecule has 0 spiro atoms. The monoisotopic (exact) mass is 168 g/mol. The molecule has 0 N–H and O–H groups in total. The molecule has 0 aromatic rings. The zero-order chi connectivity index (χ0) is 8.97. The lowest BCUT2D eigenvalue weighted by Gasteiger charge is -2.30. The fourth-order valence-corrected chi connectivity index (χ4v) is 1.84. The Bertz CT molecular complexity index is 175.